The number of thiol groups is 1. The van der Waals surface area contributed by atoms with Gasteiger partial charge < -0.3 is 16.2 Å². The quantitative estimate of drug-likeness (QED) is 0.304. The number of nitrogens with one attached hydrogen (secondary N) is 1. The molecule has 0 bridgehead atoms. The van der Waals surface area contributed by atoms with Crippen molar-refractivity contribution < 1.29 is 20.4 Å². The summed E-state index contributed by atoms with van der Waals surface area (Å²) < 4.78 is 0. The molecule has 0 aromatic rings. The van der Waals surface area contributed by atoms with Crippen LogP contribution < -0.4 is 11.1 Å². The second kappa shape index (κ2) is 13.2. The number of carbonyl (C=O) groups excluding carboxylic acids is 1. The minimum Gasteiger partial charge on any atom is -0.481 e. The van der Waals surface area contributed by atoms with Gasteiger partial charge in [0.05, 0.1) is 0 Å². The van der Waals surface area contributed by atoms with E-state index in [9.17, 15) is 9.59 Å². The van der Waals surface area contributed by atoms with Crippen LogP contribution in [-0.2, 0) is 9.59 Å². The zero-order chi connectivity index (χ0) is 15.2. The highest BCUT2D eigenvalue weighted by Crippen LogP contribution is 2.08. The SMILES string of the molecule is [NH3+]C(CCS)C(=O)NCCCCCCCCCC(=O)O. The Morgan fingerprint density at radius 2 is 1.60 bits per heavy atom. The molecule has 0 aromatic carbocycles. The molecule has 0 aliphatic rings. The third-order valence-electron chi connectivity index (χ3n) is 3.22. The summed E-state index contributed by atoms with van der Waals surface area (Å²) in [6.45, 7) is 0.719. The van der Waals surface area contributed by atoms with E-state index < -0.39 is 5.97 Å². The predicted octanol–water partition coefficient (Wildman–Crippen LogP) is 1.24. The average Bonchev–Trinajstić information content (AvgIpc) is 2.40. The molecule has 0 radical (unpaired) electrons. The summed E-state index contributed by atoms with van der Waals surface area (Å²) >= 11 is 4.09. The predicted molar refractivity (Wildman–Crippen MR) is 82.7 cm³/mol. The molecule has 0 saturated carbocycles. The van der Waals surface area contributed by atoms with Crippen LogP contribution in [0.15, 0.2) is 0 Å². The van der Waals surface area contributed by atoms with Crippen LogP contribution in [0.5, 0.6) is 0 Å². The minimum absolute atomic E-state index is 0.0210. The third-order valence-corrected chi connectivity index (χ3v) is 3.47. The summed E-state index contributed by atoms with van der Waals surface area (Å²) in [6.07, 6.45) is 8.26. The van der Waals surface area contributed by atoms with Crippen LogP contribution in [0.3, 0.4) is 0 Å². The van der Waals surface area contributed by atoms with Crippen molar-refractivity contribution in [2.75, 3.05) is 12.3 Å². The summed E-state index contributed by atoms with van der Waals surface area (Å²) in [5.74, 6) is -0.00110. The fraction of sp³-hybridized carbons (Fsp3) is 0.857. The first-order valence-electron chi connectivity index (χ1n) is 7.51. The molecule has 0 saturated heterocycles. The van der Waals surface area contributed by atoms with Gasteiger partial charge >= 0.3 is 5.97 Å². The number of carboxylic acid groups (broad SMARTS) is 1. The van der Waals surface area contributed by atoms with Crippen molar-refractivity contribution in [1.29, 1.82) is 0 Å². The number of hydrogen-bond donors (Lipinski definition) is 4. The standard InChI is InChI=1S/C14H28N2O3S/c15-12(9-11-20)14(19)16-10-7-5-3-1-2-4-6-8-13(17)18/h12,20H,1-11,15H2,(H,16,19)(H,17,18)/p+1. The second-order valence-corrected chi connectivity index (χ2v) is 5.57. The number of quaternary nitrogens is 1. The summed E-state index contributed by atoms with van der Waals surface area (Å²) in [6, 6.07) is -0.193. The first-order chi connectivity index (χ1) is 9.57. The highest BCUT2D eigenvalue weighted by molar-refractivity contribution is 7.80. The normalized spacial score (nSPS) is 12.1. The fourth-order valence-corrected chi connectivity index (χ4v) is 2.24. The Bertz CT molecular complexity index is 275. The van der Waals surface area contributed by atoms with Gasteiger partial charge in [0.15, 0.2) is 6.04 Å². The van der Waals surface area contributed by atoms with E-state index >= 15 is 0 Å². The monoisotopic (exact) mass is 305 g/mol. The smallest absolute Gasteiger partial charge is 0.303 e. The van der Waals surface area contributed by atoms with E-state index in [1.807, 2.05) is 0 Å². The first-order valence-corrected chi connectivity index (χ1v) is 8.14. The summed E-state index contributed by atoms with van der Waals surface area (Å²) in [5, 5.41) is 11.4. The van der Waals surface area contributed by atoms with E-state index in [2.05, 4.69) is 23.7 Å². The van der Waals surface area contributed by atoms with E-state index in [0.29, 0.717) is 12.2 Å². The first kappa shape index (κ1) is 19.2. The van der Waals surface area contributed by atoms with Crippen molar-refractivity contribution >= 4 is 24.5 Å². The third kappa shape index (κ3) is 12.3. The lowest BCUT2D eigenvalue weighted by atomic mass is 10.1. The maximum atomic E-state index is 11.5. The van der Waals surface area contributed by atoms with Crippen LogP contribution in [0.1, 0.15) is 57.8 Å². The molecule has 0 aliphatic carbocycles. The Morgan fingerprint density at radius 3 is 2.15 bits per heavy atom. The molecule has 0 spiro atoms. The molecule has 1 atom stereocenters. The van der Waals surface area contributed by atoms with Gasteiger partial charge in [-0.2, -0.15) is 12.6 Å². The van der Waals surface area contributed by atoms with Crippen molar-refractivity contribution in [3.05, 3.63) is 0 Å². The van der Waals surface area contributed by atoms with E-state index in [1.54, 1.807) is 0 Å². The molecule has 5 N–H and O–H groups in total. The Morgan fingerprint density at radius 1 is 1.05 bits per heavy atom. The van der Waals surface area contributed by atoms with Gasteiger partial charge in [-0.1, -0.05) is 32.1 Å². The lowest BCUT2D eigenvalue weighted by Gasteiger charge is -2.08. The second-order valence-electron chi connectivity index (χ2n) is 5.12. The Balaban J connectivity index is 3.24. The van der Waals surface area contributed by atoms with Gasteiger partial charge in [-0.15, -0.1) is 0 Å². The van der Waals surface area contributed by atoms with Crippen molar-refractivity contribution in [3.8, 4) is 0 Å². The fourth-order valence-electron chi connectivity index (χ4n) is 1.93. The minimum atomic E-state index is -0.706. The number of amides is 1. The van der Waals surface area contributed by atoms with Gasteiger partial charge in [-0.25, -0.2) is 0 Å². The maximum Gasteiger partial charge on any atom is 0.303 e. The molecule has 0 aromatic heterocycles. The molecule has 0 heterocycles. The highest BCUT2D eigenvalue weighted by Gasteiger charge is 2.14. The average molecular weight is 305 g/mol. The lowest BCUT2D eigenvalue weighted by molar-refractivity contribution is -0.403. The lowest BCUT2D eigenvalue weighted by Crippen LogP contribution is -2.67. The Labute approximate surface area is 127 Å². The maximum absolute atomic E-state index is 11.5. The van der Waals surface area contributed by atoms with Crippen molar-refractivity contribution in [3.63, 3.8) is 0 Å². The Kier molecular flexibility index (Phi) is 12.7. The van der Waals surface area contributed by atoms with E-state index in [4.69, 9.17) is 5.11 Å². The van der Waals surface area contributed by atoms with Crippen LogP contribution in [0.4, 0.5) is 0 Å². The molecule has 5 nitrogen and oxygen atoms in total. The van der Waals surface area contributed by atoms with Gasteiger partial charge in [0.25, 0.3) is 5.91 Å². The molecule has 6 heteroatoms. The molecule has 0 fully saturated rings. The zero-order valence-corrected chi connectivity index (χ0v) is 13.2. The largest absolute Gasteiger partial charge is 0.481 e. The number of unbranched alkanes of at least 4 members (excludes halogenated alkanes) is 6. The molecule has 1 unspecified atom stereocenters. The van der Waals surface area contributed by atoms with Crippen LogP contribution in [-0.4, -0.2) is 35.3 Å². The van der Waals surface area contributed by atoms with Crippen LogP contribution >= 0.6 is 12.6 Å². The van der Waals surface area contributed by atoms with Gasteiger partial charge in [0.2, 0.25) is 0 Å². The van der Waals surface area contributed by atoms with Crippen LogP contribution in [0.25, 0.3) is 0 Å². The summed E-state index contributed by atoms with van der Waals surface area (Å²) in [5.41, 5.74) is 3.79. The van der Waals surface area contributed by atoms with Crippen LogP contribution in [0.2, 0.25) is 0 Å². The molecule has 20 heavy (non-hydrogen) atoms. The zero-order valence-electron chi connectivity index (χ0n) is 12.3. The highest BCUT2D eigenvalue weighted by atomic mass is 32.1. The van der Waals surface area contributed by atoms with Gasteiger partial charge in [0.1, 0.15) is 0 Å². The number of hydrogen-bond acceptors (Lipinski definition) is 3. The molecule has 0 rings (SSSR count). The topological polar surface area (TPSA) is 94.0 Å². The molecule has 118 valence electrons. The van der Waals surface area contributed by atoms with E-state index in [1.165, 1.54) is 0 Å². The molecular weight excluding hydrogens is 276 g/mol. The van der Waals surface area contributed by atoms with Crippen LogP contribution in [0, 0.1) is 0 Å². The summed E-state index contributed by atoms with van der Waals surface area (Å²) in [4.78, 5) is 21.8. The van der Waals surface area contributed by atoms with Crippen molar-refractivity contribution in [2.45, 2.75) is 63.8 Å². The molecule has 1 amide bonds. The molecule has 0 aliphatic heterocycles. The van der Waals surface area contributed by atoms with Crippen molar-refractivity contribution in [2.24, 2.45) is 0 Å². The Hall–Kier alpha value is -0.750. The molecular formula is C14H29N2O3S+. The van der Waals surface area contributed by atoms with E-state index in [-0.39, 0.29) is 18.4 Å². The number of carbonyl (C=O) groups is 2. The number of aliphatic carboxylic acids is 1. The van der Waals surface area contributed by atoms with E-state index in [0.717, 1.165) is 51.5 Å². The summed E-state index contributed by atoms with van der Waals surface area (Å²) in [7, 11) is 0. The number of rotatable bonds is 13. The van der Waals surface area contributed by atoms with Gasteiger partial charge in [-0.3, -0.25) is 9.59 Å². The van der Waals surface area contributed by atoms with Crippen molar-refractivity contribution in [1.82, 2.24) is 5.32 Å². The van der Waals surface area contributed by atoms with Gasteiger partial charge in [-0.05, 0) is 18.6 Å². The van der Waals surface area contributed by atoms with Gasteiger partial charge in [0, 0.05) is 19.4 Å². The number of carboxylic acids is 1.